The normalized spacial score (nSPS) is 22.8. The fourth-order valence-corrected chi connectivity index (χ4v) is 2.70. The smallest absolute Gasteiger partial charge is 0.306 e. The largest absolute Gasteiger partial charge is 0.481 e. The molecule has 0 saturated heterocycles. The van der Waals surface area contributed by atoms with Crippen molar-refractivity contribution in [3.8, 4) is 0 Å². The van der Waals surface area contributed by atoms with Crippen molar-refractivity contribution in [1.82, 2.24) is 5.32 Å². The summed E-state index contributed by atoms with van der Waals surface area (Å²) in [5.74, 6) is -3.24. The van der Waals surface area contributed by atoms with Crippen molar-refractivity contribution in [3.05, 3.63) is 35.4 Å². The van der Waals surface area contributed by atoms with Crippen LogP contribution in [0.25, 0.3) is 0 Å². The number of carbonyl (C=O) groups excluding carboxylic acids is 1. The van der Waals surface area contributed by atoms with E-state index in [0.29, 0.717) is 19.3 Å². The van der Waals surface area contributed by atoms with E-state index < -0.39 is 29.6 Å². The van der Waals surface area contributed by atoms with E-state index in [9.17, 15) is 18.4 Å². The Balaban J connectivity index is 1.99. The Bertz CT molecular complexity index is 562. The summed E-state index contributed by atoms with van der Waals surface area (Å²) in [6.07, 6.45) is 1.26. The fraction of sp³-hybridized carbons (Fsp3) is 0.467. The third-order valence-corrected chi connectivity index (χ3v) is 3.94. The van der Waals surface area contributed by atoms with Crippen LogP contribution in [0.15, 0.2) is 18.2 Å². The lowest BCUT2D eigenvalue weighted by Crippen LogP contribution is -2.32. The number of halogens is 2. The fourth-order valence-electron chi connectivity index (χ4n) is 2.70. The van der Waals surface area contributed by atoms with Crippen LogP contribution in [0.3, 0.4) is 0 Å². The van der Waals surface area contributed by atoms with Gasteiger partial charge in [0.25, 0.3) is 0 Å². The zero-order valence-electron chi connectivity index (χ0n) is 11.6. The molecule has 1 saturated carbocycles. The molecule has 2 N–H and O–H groups in total. The Morgan fingerprint density at radius 3 is 2.57 bits per heavy atom. The number of benzene rings is 1. The average molecular weight is 297 g/mol. The Labute approximate surface area is 121 Å². The van der Waals surface area contributed by atoms with Crippen LogP contribution >= 0.6 is 0 Å². The summed E-state index contributed by atoms with van der Waals surface area (Å²) in [6, 6.07) is 2.41. The second-order valence-electron chi connectivity index (χ2n) is 5.44. The van der Waals surface area contributed by atoms with Gasteiger partial charge in [-0.2, -0.15) is 0 Å². The molecule has 114 valence electrons. The minimum atomic E-state index is -0.894. The Morgan fingerprint density at radius 1 is 1.29 bits per heavy atom. The number of carboxylic acid groups (broad SMARTS) is 1. The van der Waals surface area contributed by atoms with Crippen molar-refractivity contribution in [2.75, 3.05) is 0 Å². The molecule has 0 radical (unpaired) electrons. The molecule has 1 unspecified atom stereocenters. The molecule has 1 fully saturated rings. The second kappa shape index (κ2) is 6.20. The lowest BCUT2D eigenvalue weighted by Gasteiger charge is -2.18. The van der Waals surface area contributed by atoms with Gasteiger partial charge in [0.1, 0.15) is 11.6 Å². The van der Waals surface area contributed by atoms with Crippen molar-refractivity contribution in [2.45, 2.75) is 32.2 Å². The van der Waals surface area contributed by atoms with Crippen molar-refractivity contribution >= 4 is 11.9 Å². The third-order valence-electron chi connectivity index (χ3n) is 3.94. The molecule has 0 bridgehead atoms. The zero-order valence-corrected chi connectivity index (χ0v) is 11.6. The lowest BCUT2D eigenvalue weighted by atomic mass is 10.0. The van der Waals surface area contributed by atoms with Gasteiger partial charge in [-0.05, 0) is 44.4 Å². The number of carbonyl (C=O) groups is 2. The van der Waals surface area contributed by atoms with Crippen molar-refractivity contribution in [2.24, 2.45) is 11.8 Å². The first-order chi connectivity index (χ1) is 9.88. The summed E-state index contributed by atoms with van der Waals surface area (Å²) in [5, 5.41) is 11.5. The minimum Gasteiger partial charge on any atom is -0.481 e. The van der Waals surface area contributed by atoms with Crippen LogP contribution in [0.2, 0.25) is 0 Å². The second-order valence-corrected chi connectivity index (χ2v) is 5.44. The van der Waals surface area contributed by atoms with Crippen LogP contribution < -0.4 is 5.32 Å². The monoisotopic (exact) mass is 297 g/mol. The molecular weight excluding hydrogens is 280 g/mol. The first kappa shape index (κ1) is 15.4. The van der Waals surface area contributed by atoms with Crippen LogP contribution in [0, 0.1) is 23.5 Å². The molecular formula is C15H17F2NO3. The molecule has 6 heteroatoms. The quantitative estimate of drug-likeness (QED) is 0.898. The van der Waals surface area contributed by atoms with Crippen molar-refractivity contribution in [3.63, 3.8) is 0 Å². The van der Waals surface area contributed by atoms with Crippen LogP contribution in [-0.4, -0.2) is 17.0 Å². The highest BCUT2D eigenvalue weighted by Gasteiger charge is 2.34. The molecule has 0 aromatic heterocycles. The van der Waals surface area contributed by atoms with Gasteiger partial charge in [-0.1, -0.05) is 0 Å². The van der Waals surface area contributed by atoms with E-state index in [1.807, 2.05) is 0 Å². The van der Waals surface area contributed by atoms with Gasteiger partial charge in [-0.3, -0.25) is 9.59 Å². The maximum absolute atomic E-state index is 13.6. The van der Waals surface area contributed by atoms with Gasteiger partial charge >= 0.3 is 5.97 Å². The van der Waals surface area contributed by atoms with Crippen molar-refractivity contribution < 1.29 is 23.5 Å². The molecule has 1 aliphatic rings. The highest BCUT2D eigenvalue weighted by molar-refractivity contribution is 5.81. The van der Waals surface area contributed by atoms with Gasteiger partial charge in [0.15, 0.2) is 0 Å². The SMILES string of the molecule is CC(NC(=O)[C@@H]1CC[C@H](C(=O)O)C1)c1cc(F)ccc1F. The maximum Gasteiger partial charge on any atom is 0.306 e. The zero-order chi connectivity index (χ0) is 15.6. The van der Waals surface area contributed by atoms with Crippen molar-refractivity contribution in [1.29, 1.82) is 0 Å². The Kier molecular flexibility index (Phi) is 4.55. The third kappa shape index (κ3) is 3.56. The van der Waals surface area contributed by atoms with Gasteiger partial charge in [-0.15, -0.1) is 0 Å². The molecule has 4 nitrogen and oxygen atoms in total. The minimum absolute atomic E-state index is 0.0798. The highest BCUT2D eigenvalue weighted by Crippen LogP contribution is 2.31. The average Bonchev–Trinajstić information content (AvgIpc) is 2.91. The molecule has 1 aromatic carbocycles. The van der Waals surface area contributed by atoms with Crippen LogP contribution in [0.5, 0.6) is 0 Å². The summed E-state index contributed by atoms with van der Waals surface area (Å²) in [6.45, 7) is 1.57. The van der Waals surface area contributed by atoms with Crippen LogP contribution in [-0.2, 0) is 9.59 Å². The Hall–Kier alpha value is -1.98. The number of hydrogen-bond acceptors (Lipinski definition) is 2. The standard InChI is InChI=1S/C15H17F2NO3/c1-8(12-7-11(16)4-5-13(12)17)18-14(19)9-2-3-10(6-9)15(20)21/h4-5,7-10H,2-3,6H2,1H3,(H,18,19)(H,20,21)/t8?,9-,10+/m1/s1. The van der Waals surface area contributed by atoms with Gasteiger partial charge in [0, 0.05) is 11.5 Å². The first-order valence-electron chi connectivity index (χ1n) is 6.86. The predicted octanol–water partition coefficient (Wildman–Crippen LogP) is 2.64. The maximum atomic E-state index is 13.6. The van der Waals surface area contributed by atoms with Crippen LogP contribution in [0.4, 0.5) is 8.78 Å². The van der Waals surface area contributed by atoms with E-state index in [1.54, 1.807) is 6.92 Å². The number of aliphatic carboxylic acids is 1. The molecule has 2 rings (SSSR count). The van der Waals surface area contributed by atoms with E-state index in [4.69, 9.17) is 5.11 Å². The highest BCUT2D eigenvalue weighted by atomic mass is 19.1. The van der Waals surface area contributed by atoms with E-state index in [1.165, 1.54) is 0 Å². The van der Waals surface area contributed by atoms with E-state index in [2.05, 4.69) is 5.32 Å². The van der Waals surface area contributed by atoms with Crippen LogP contribution in [0.1, 0.15) is 37.8 Å². The van der Waals surface area contributed by atoms with Gasteiger partial charge < -0.3 is 10.4 Å². The first-order valence-corrected chi connectivity index (χ1v) is 6.86. The summed E-state index contributed by atoms with van der Waals surface area (Å²) in [5.41, 5.74) is 0.0798. The summed E-state index contributed by atoms with van der Waals surface area (Å²) in [4.78, 5) is 22.9. The molecule has 1 aliphatic carbocycles. The Morgan fingerprint density at radius 2 is 1.95 bits per heavy atom. The molecule has 1 aromatic rings. The molecule has 0 spiro atoms. The lowest BCUT2D eigenvalue weighted by molar-refractivity contribution is -0.141. The summed E-state index contributed by atoms with van der Waals surface area (Å²) >= 11 is 0. The van der Waals surface area contributed by atoms with E-state index >= 15 is 0 Å². The topological polar surface area (TPSA) is 66.4 Å². The van der Waals surface area contributed by atoms with E-state index in [-0.39, 0.29) is 17.4 Å². The van der Waals surface area contributed by atoms with Gasteiger partial charge in [-0.25, -0.2) is 8.78 Å². The number of nitrogens with one attached hydrogen (secondary N) is 1. The number of carboxylic acids is 1. The molecule has 0 aliphatic heterocycles. The summed E-state index contributed by atoms with van der Waals surface area (Å²) < 4.78 is 26.8. The summed E-state index contributed by atoms with van der Waals surface area (Å²) in [7, 11) is 0. The number of hydrogen-bond donors (Lipinski definition) is 2. The molecule has 0 heterocycles. The molecule has 1 amide bonds. The molecule has 3 atom stereocenters. The predicted molar refractivity (Wildman–Crippen MR) is 71.4 cm³/mol. The number of rotatable bonds is 4. The molecule has 21 heavy (non-hydrogen) atoms. The van der Waals surface area contributed by atoms with E-state index in [0.717, 1.165) is 18.2 Å². The van der Waals surface area contributed by atoms with Gasteiger partial charge in [0.2, 0.25) is 5.91 Å². The van der Waals surface area contributed by atoms with Gasteiger partial charge in [0.05, 0.1) is 12.0 Å². The number of amides is 1.